The van der Waals surface area contributed by atoms with Crippen LogP contribution in [0.5, 0.6) is 11.5 Å². The van der Waals surface area contributed by atoms with Crippen LogP contribution < -0.4 is 54.5 Å². The van der Waals surface area contributed by atoms with E-state index in [4.69, 9.17) is 43.9 Å². The molecule has 0 aliphatic heterocycles. The first-order valence-corrected chi connectivity index (χ1v) is 17.3. The highest BCUT2D eigenvalue weighted by Crippen LogP contribution is 2.36. The normalized spacial score (nSPS) is 11.7. The maximum absolute atomic E-state index is 14.2. The number of hydrogen-bond donors (Lipinski definition) is 8. The minimum atomic E-state index is -0.501. The molecule has 0 aromatic heterocycles. The Morgan fingerprint density at radius 3 is 1.28 bits per heavy atom. The van der Waals surface area contributed by atoms with Crippen LogP contribution in [0, 0.1) is 0 Å². The van der Waals surface area contributed by atoms with Gasteiger partial charge < -0.3 is 54.5 Å². The van der Waals surface area contributed by atoms with E-state index in [1.807, 2.05) is 24.3 Å². The lowest BCUT2D eigenvalue weighted by Crippen LogP contribution is -2.22. The summed E-state index contributed by atoms with van der Waals surface area (Å²) >= 11 is 0. The molecule has 12 heteroatoms. The maximum Gasteiger partial charge on any atom is 0.259 e. The van der Waals surface area contributed by atoms with Crippen LogP contribution in [0.4, 0.5) is 22.7 Å². The molecule has 12 nitrogen and oxygen atoms in total. The summed E-state index contributed by atoms with van der Waals surface area (Å²) in [7, 11) is 0. The van der Waals surface area contributed by atoms with Crippen molar-refractivity contribution in [3.8, 4) is 11.5 Å². The van der Waals surface area contributed by atoms with Crippen LogP contribution >= 0.6 is 0 Å². The lowest BCUT2D eigenvalue weighted by Gasteiger charge is -2.24. The Morgan fingerprint density at radius 2 is 0.960 bits per heavy atom. The van der Waals surface area contributed by atoms with E-state index in [1.165, 1.54) is 12.1 Å². The van der Waals surface area contributed by atoms with Gasteiger partial charge in [0, 0.05) is 41.9 Å². The van der Waals surface area contributed by atoms with Crippen LogP contribution in [-0.2, 0) is 23.7 Å². The number of amides is 2. The minimum Gasteiger partial charge on any atom is -0.491 e. The third kappa shape index (κ3) is 10.3. The molecule has 2 amide bonds. The summed E-state index contributed by atoms with van der Waals surface area (Å²) in [6, 6.07) is 10.7. The zero-order chi connectivity index (χ0) is 37.2. The first-order valence-electron chi connectivity index (χ1n) is 17.3. The molecule has 0 fully saturated rings. The van der Waals surface area contributed by atoms with Gasteiger partial charge in [-0.2, -0.15) is 0 Å². The predicted molar refractivity (Wildman–Crippen MR) is 205 cm³/mol. The van der Waals surface area contributed by atoms with Gasteiger partial charge in [-0.25, -0.2) is 0 Å². The molecule has 274 valence electrons. The third-order valence-electron chi connectivity index (χ3n) is 8.38. The van der Waals surface area contributed by atoms with Crippen molar-refractivity contribution in [1.29, 1.82) is 0 Å². The van der Waals surface area contributed by atoms with Gasteiger partial charge in [0.2, 0.25) is 0 Å². The number of nitrogen functional groups attached to an aromatic ring is 2. The Labute approximate surface area is 297 Å². The maximum atomic E-state index is 14.2. The highest BCUT2D eigenvalue weighted by atomic mass is 16.5. The molecule has 0 aliphatic carbocycles. The third-order valence-corrected chi connectivity index (χ3v) is 8.38. The molecule has 0 bridgehead atoms. The second kappa shape index (κ2) is 17.5. The molecular weight excluding hydrogens is 632 g/mol. The largest absolute Gasteiger partial charge is 0.491 e. The molecule has 0 aliphatic rings. The lowest BCUT2D eigenvalue weighted by atomic mass is 9.85. The van der Waals surface area contributed by atoms with Gasteiger partial charge in [0.25, 0.3) is 11.8 Å². The van der Waals surface area contributed by atoms with Crippen molar-refractivity contribution in [3.63, 3.8) is 0 Å². The number of benzene rings is 3. The van der Waals surface area contributed by atoms with Gasteiger partial charge in [-0.15, -0.1) is 0 Å². The highest BCUT2D eigenvalue weighted by Gasteiger charge is 2.26. The second-order valence-corrected chi connectivity index (χ2v) is 14.5. The van der Waals surface area contributed by atoms with E-state index in [1.54, 1.807) is 0 Å². The summed E-state index contributed by atoms with van der Waals surface area (Å²) < 4.78 is 11.9. The summed E-state index contributed by atoms with van der Waals surface area (Å²) in [5.74, 6) is -0.609. The molecule has 3 rings (SSSR count). The first kappa shape index (κ1) is 40.1. The summed E-state index contributed by atoms with van der Waals surface area (Å²) in [5.41, 5.74) is 41.7. The quantitative estimate of drug-likeness (QED) is 0.0986. The van der Waals surface area contributed by atoms with Crippen molar-refractivity contribution in [2.75, 3.05) is 61.5 Å². The molecule has 0 saturated carbocycles. The number of anilines is 4. The minimum absolute atomic E-state index is 0.111. The van der Waals surface area contributed by atoms with Crippen molar-refractivity contribution in [1.82, 2.24) is 0 Å². The monoisotopic (exact) mass is 690 g/mol. The van der Waals surface area contributed by atoms with Gasteiger partial charge in [-0.05, 0) is 102 Å². The van der Waals surface area contributed by atoms with Crippen LogP contribution in [0.3, 0.4) is 0 Å². The van der Waals surface area contributed by atoms with Crippen molar-refractivity contribution in [2.45, 2.75) is 78.1 Å². The Morgan fingerprint density at radius 1 is 0.580 bits per heavy atom. The zero-order valence-electron chi connectivity index (χ0n) is 30.6. The highest BCUT2D eigenvalue weighted by molar-refractivity contribution is 6.12. The number of carbonyl (C=O) groups excluding carboxylic acids is 2. The molecule has 0 heterocycles. The average molecular weight is 691 g/mol. The lowest BCUT2D eigenvalue weighted by molar-refractivity contribution is 0.102. The standard InChI is InChI=1S/C38H58N8O4/c1-37(2,3)23-17-29(43)25(9-7-11-39)31(19-23)45-35(47)27-21-28(34(50-16-14-42)22-33(27)49-15-13-41)36(48)46-32-20-24(38(4,5)6)18-30(44)26(32)10-8-12-40/h17-22H,7-16,39-44H2,1-6H3,(H,45,47)(H,46,48). The van der Waals surface area contributed by atoms with Crippen molar-refractivity contribution in [2.24, 2.45) is 22.9 Å². The molecule has 0 unspecified atom stereocenters. The molecule has 3 aromatic carbocycles. The number of carbonyl (C=O) groups is 2. The summed E-state index contributed by atoms with van der Waals surface area (Å²) in [4.78, 5) is 28.4. The van der Waals surface area contributed by atoms with Crippen molar-refractivity contribution in [3.05, 3.63) is 69.8 Å². The van der Waals surface area contributed by atoms with E-state index < -0.39 is 11.8 Å². The molecule has 50 heavy (non-hydrogen) atoms. The molecule has 0 saturated heterocycles. The molecular formula is C38H58N8O4. The summed E-state index contributed by atoms with van der Waals surface area (Å²) in [5, 5.41) is 6.11. The van der Waals surface area contributed by atoms with Gasteiger partial charge in [-0.3, -0.25) is 9.59 Å². The van der Waals surface area contributed by atoms with Crippen LogP contribution in [0.15, 0.2) is 36.4 Å². The fourth-order valence-corrected chi connectivity index (χ4v) is 5.47. The summed E-state index contributed by atoms with van der Waals surface area (Å²) in [6.07, 6.45) is 2.50. The molecule has 0 spiro atoms. The SMILES string of the molecule is CC(C)(C)c1cc(N)c(CCCN)c(NC(=O)c2cc(C(=O)Nc3cc(C(C)(C)C)cc(N)c3CCCN)c(OCCN)cc2OCCN)c1. The van der Waals surface area contributed by atoms with E-state index in [-0.39, 0.29) is 59.8 Å². The Kier molecular flexibility index (Phi) is 14.0. The van der Waals surface area contributed by atoms with Gasteiger partial charge in [0.05, 0.1) is 11.1 Å². The average Bonchev–Trinajstić information content (AvgIpc) is 3.04. The number of rotatable bonds is 16. The number of nitrogens with one attached hydrogen (secondary N) is 2. The van der Waals surface area contributed by atoms with Crippen LogP contribution in [0.1, 0.15) is 97.4 Å². The Balaban J connectivity index is 2.19. The van der Waals surface area contributed by atoms with E-state index in [0.717, 1.165) is 22.3 Å². The smallest absolute Gasteiger partial charge is 0.259 e. The van der Waals surface area contributed by atoms with Crippen LogP contribution in [-0.4, -0.2) is 51.2 Å². The van der Waals surface area contributed by atoms with Gasteiger partial charge in [0.1, 0.15) is 24.7 Å². The van der Waals surface area contributed by atoms with Gasteiger partial charge in [-0.1, -0.05) is 41.5 Å². The molecule has 0 atom stereocenters. The van der Waals surface area contributed by atoms with Crippen molar-refractivity contribution < 1.29 is 19.1 Å². The topological polar surface area (TPSA) is 233 Å². The van der Waals surface area contributed by atoms with E-state index >= 15 is 0 Å². The molecule has 3 aromatic rings. The number of nitrogens with two attached hydrogens (primary N) is 6. The van der Waals surface area contributed by atoms with Crippen LogP contribution in [0.25, 0.3) is 0 Å². The first-order chi connectivity index (χ1) is 23.5. The number of ether oxygens (including phenoxy) is 2. The molecule has 14 N–H and O–H groups in total. The number of hydrogen-bond acceptors (Lipinski definition) is 10. The Hall–Kier alpha value is -4.36. The fourth-order valence-electron chi connectivity index (χ4n) is 5.47. The second-order valence-electron chi connectivity index (χ2n) is 14.5. The predicted octanol–water partition coefficient (Wildman–Crippen LogP) is 4.41. The van der Waals surface area contributed by atoms with Crippen LogP contribution in [0.2, 0.25) is 0 Å². The van der Waals surface area contributed by atoms with E-state index in [0.29, 0.717) is 61.5 Å². The fraction of sp³-hybridized carbons (Fsp3) is 0.474. The Bertz CT molecular complexity index is 1530. The zero-order valence-corrected chi connectivity index (χ0v) is 30.6. The molecule has 0 radical (unpaired) electrons. The van der Waals surface area contributed by atoms with E-state index in [9.17, 15) is 9.59 Å². The van der Waals surface area contributed by atoms with Crippen molar-refractivity contribution >= 4 is 34.6 Å². The van der Waals surface area contributed by atoms with Gasteiger partial charge in [0.15, 0.2) is 0 Å². The summed E-state index contributed by atoms with van der Waals surface area (Å²) in [6.45, 7) is 14.0. The van der Waals surface area contributed by atoms with E-state index in [2.05, 4.69) is 52.2 Å². The van der Waals surface area contributed by atoms with Gasteiger partial charge >= 0.3 is 0 Å².